The molecule has 1 rings (SSSR count). The van der Waals surface area contributed by atoms with Gasteiger partial charge in [0.2, 0.25) is 5.91 Å². The van der Waals surface area contributed by atoms with Crippen LogP contribution in [0.1, 0.15) is 0 Å². The first-order valence-corrected chi connectivity index (χ1v) is 3.87. The molecule has 5 heteroatoms. The van der Waals surface area contributed by atoms with Gasteiger partial charge in [-0.3, -0.25) is 10.2 Å². The van der Waals surface area contributed by atoms with E-state index >= 15 is 0 Å². The quantitative estimate of drug-likeness (QED) is 0.505. The molecule has 0 aliphatic carbocycles. The van der Waals surface area contributed by atoms with E-state index in [0.717, 1.165) is 0 Å². The zero-order chi connectivity index (χ0) is 6.15. The molecule has 44 valence electrons. The summed E-state index contributed by atoms with van der Waals surface area (Å²) in [6, 6.07) is 0. The monoisotopic (exact) mass is 242 g/mol. The summed E-state index contributed by atoms with van der Waals surface area (Å²) in [5.74, 6) is 0.447. The Balaban J connectivity index is 2.70. The van der Waals surface area contributed by atoms with Gasteiger partial charge in [-0.15, -0.1) is 0 Å². The van der Waals surface area contributed by atoms with E-state index in [1.165, 1.54) is 14.9 Å². The van der Waals surface area contributed by atoms with Gasteiger partial charge in [-0.1, -0.05) is 11.8 Å². The van der Waals surface area contributed by atoms with Gasteiger partial charge in [0.25, 0.3) is 0 Å². The van der Waals surface area contributed by atoms with Crippen molar-refractivity contribution in [3.63, 3.8) is 0 Å². The van der Waals surface area contributed by atoms with Gasteiger partial charge in [0.15, 0.2) is 5.17 Å². The molecular weight excluding hydrogens is 239 g/mol. The van der Waals surface area contributed by atoms with Crippen molar-refractivity contribution >= 4 is 45.7 Å². The number of carbonyl (C=O) groups is 1. The average molecular weight is 242 g/mol. The number of nitrogens with one attached hydrogen (secondary N) is 1. The third-order valence-electron chi connectivity index (χ3n) is 0.730. The maximum Gasteiger partial charge on any atom is 0.247 e. The van der Waals surface area contributed by atoms with Gasteiger partial charge in [-0.2, -0.15) is 0 Å². The van der Waals surface area contributed by atoms with E-state index in [9.17, 15) is 4.79 Å². The summed E-state index contributed by atoms with van der Waals surface area (Å²) in [7, 11) is 0. The highest BCUT2D eigenvalue weighted by atomic mass is 127. The first-order chi connectivity index (χ1) is 3.72. The predicted octanol–water partition coefficient (Wildman–Crippen LogP) is 0.847. The number of hydrogen-bond acceptors (Lipinski definition) is 3. The number of amidine groups is 1. The molecule has 8 heavy (non-hydrogen) atoms. The van der Waals surface area contributed by atoms with Gasteiger partial charge in [-0.05, 0) is 0 Å². The normalized spacial score (nSPS) is 20.4. The van der Waals surface area contributed by atoms with Crippen molar-refractivity contribution < 1.29 is 4.79 Å². The molecule has 1 aliphatic heterocycles. The first-order valence-electron chi connectivity index (χ1n) is 1.92. The van der Waals surface area contributed by atoms with Crippen LogP contribution in [0.3, 0.4) is 0 Å². The van der Waals surface area contributed by atoms with Crippen LogP contribution in [0.4, 0.5) is 0 Å². The molecule has 0 radical (unpaired) electrons. The van der Waals surface area contributed by atoms with E-state index in [4.69, 9.17) is 5.41 Å². The van der Waals surface area contributed by atoms with Crippen molar-refractivity contribution in [2.24, 2.45) is 0 Å². The molecule has 0 unspecified atom stereocenters. The molecule has 1 amide bonds. The van der Waals surface area contributed by atoms with E-state index in [1.54, 1.807) is 0 Å². The van der Waals surface area contributed by atoms with Crippen LogP contribution in [0.25, 0.3) is 0 Å². The van der Waals surface area contributed by atoms with Crippen molar-refractivity contribution in [1.29, 1.82) is 5.41 Å². The lowest BCUT2D eigenvalue weighted by atomic mass is 10.7. The van der Waals surface area contributed by atoms with Crippen molar-refractivity contribution in [1.82, 2.24) is 3.11 Å². The summed E-state index contributed by atoms with van der Waals surface area (Å²) in [5.41, 5.74) is 0. The maximum absolute atomic E-state index is 10.5. The third kappa shape index (κ3) is 0.970. The van der Waals surface area contributed by atoms with Crippen LogP contribution in [0.2, 0.25) is 0 Å². The summed E-state index contributed by atoms with van der Waals surface area (Å²) in [6.45, 7) is 0. The lowest BCUT2D eigenvalue weighted by Crippen LogP contribution is -2.16. The van der Waals surface area contributed by atoms with E-state index in [1.807, 2.05) is 22.9 Å². The van der Waals surface area contributed by atoms with Gasteiger partial charge in [0, 0.05) is 0 Å². The van der Waals surface area contributed by atoms with Crippen molar-refractivity contribution in [3.05, 3.63) is 0 Å². The van der Waals surface area contributed by atoms with Gasteiger partial charge < -0.3 is 0 Å². The SMILES string of the molecule is N=C1SCC(=O)N1I. The zero-order valence-corrected chi connectivity index (χ0v) is 6.82. The zero-order valence-electron chi connectivity index (χ0n) is 3.85. The molecule has 0 saturated carbocycles. The van der Waals surface area contributed by atoms with Crippen molar-refractivity contribution in [2.45, 2.75) is 0 Å². The molecule has 3 nitrogen and oxygen atoms in total. The van der Waals surface area contributed by atoms with Gasteiger partial charge in [0.1, 0.15) is 0 Å². The van der Waals surface area contributed by atoms with Crippen molar-refractivity contribution in [2.75, 3.05) is 5.75 Å². The Kier molecular flexibility index (Phi) is 1.76. The highest BCUT2D eigenvalue weighted by molar-refractivity contribution is 14.1. The van der Waals surface area contributed by atoms with E-state index in [2.05, 4.69) is 0 Å². The summed E-state index contributed by atoms with van der Waals surface area (Å²) in [6.07, 6.45) is 0. The predicted molar refractivity (Wildman–Crippen MR) is 41.1 cm³/mol. The molecule has 1 saturated heterocycles. The number of halogens is 1. The highest BCUT2D eigenvalue weighted by Crippen LogP contribution is 2.20. The third-order valence-corrected chi connectivity index (χ3v) is 2.92. The average Bonchev–Trinajstić information content (AvgIpc) is 1.98. The second kappa shape index (κ2) is 2.22. The minimum Gasteiger partial charge on any atom is -0.278 e. The van der Waals surface area contributed by atoms with Gasteiger partial charge in [0.05, 0.1) is 28.6 Å². The van der Waals surface area contributed by atoms with Crippen LogP contribution in [-0.4, -0.2) is 19.9 Å². The molecule has 0 aromatic heterocycles. The topological polar surface area (TPSA) is 44.2 Å². The Morgan fingerprint density at radius 3 is 2.62 bits per heavy atom. The Labute approximate surface area is 64.8 Å². The molecule has 0 bridgehead atoms. The highest BCUT2D eigenvalue weighted by Gasteiger charge is 2.23. The Morgan fingerprint density at radius 2 is 2.50 bits per heavy atom. The van der Waals surface area contributed by atoms with Crippen molar-refractivity contribution in [3.8, 4) is 0 Å². The molecule has 0 aromatic carbocycles. The van der Waals surface area contributed by atoms with E-state index < -0.39 is 0 Å². The lowest BCUT2D eigenvalue weighted by Gasteiger charge is -1.99. The van der Waals surface area contributed by atoms with Crippen LogP contribution in [-0.2, 0) is 4.79 Å². The van der Waals surface area contributed by atoms with E-state index in [-0.39, 0.29) is 5.91 Å². The number of thioether (sulfide) groups is 1. The number of nitrogens with zero attached hydrogens (tertiary/aromatic N) is 1. The summed E-state index contributed by atoms with van der Waals surface area (Å²) in [4.78, 5) is 10.5. The Bertz CT molecular complexity index is 132. The molecule has 0 aromatic rings. The first kappa shape index (κ1) is 6.34. The molecule has 1 aliphatic rings. The minimum absolute atomic E-state index is 0.0144. The maximum atomic E-state index is 10.5. The fourth-order valence-corrected chi connectivity index (χ4v) is 1.78. The number of hydrogen-bond donors (Lipinski definition) is 1. The van der Waals surface area contributed by atoms with Crippen LogP contribution < -0.4 is 0 Å². The number of rotatable bonds is 0. The molecule has 1 heterocycles. The van der Waals surface area contributed by atoms with Crippen LogP contribution in [0.5, 0.6) is 0 Å². The molecule has 0 atom stereocenters. The summed E-state index contributed by atoms with van der Waals surface area (Å²) >= 11 is 3.09. The Morgan fingerprint density at radius 1 is 1.88 bits per heavy atom. The van der Waals surface area contributed by atoms with Crippen LogP contribution in [0, 0.1) is 5.41 Å². The van der Waals surface area contributed by atoms with Gasteiger partial charge in [-0.25, -0.2) is 3.11 Å². The molecule has 1 fully saturated rings. The Hall–Kier alpha value is 0.220. The second-order valence-corrected chi connectivity index (χ2v) is 3.20. The molecular formula is C3H3IN2OS. The number of amides is 1. The smallest absolute Gasteiger partial charge is 0.247 e. The largest absolute Gasteiger partial charge is 0.278 e. The number of carbonyl (C=O) groups excluding carboxylic acids is 1. The van der Waals surface area contributed by atoms with E-state index in [0.29, 0.717) is 10.9 Å². The second-order valence-electron chi connectivity index (χ2n) is 1.27. The summed E-state index contributed by atoms with van der Waals surface area (Å²) in [5, 5.41) is 7.39. The standard InChI is InChI=1S/C3H3IN2OS/c4-6-2(7)1-8-3(6)5/h5H,1H2. The minimum atomic E-state index is 0.0144. The molecule has 0 spiro atoms. The van der Waals surface area contributed by atoms with Crippen LogP contribution in [0.15, 0.2) is 0 Å². The van der Waals surface area contributed by atoms with Gasteiger partial charge >= 0.3 is 0 Å². The molecule has 1 N–H and O–H groups in total. The summed E-state index contributed by atoms with van der Waals surface area (Å²) < 4.78 is 1.32. The lowest BCUT2D eigenvalue weighted by molar-refractivity contribution is -0.119. The van der Waals surface area contributed by atoms with Crippen LogP contribution >= 0.6 is 34.6 Å². The fraction of sp³-hybridized carbons (Fsp3) is 0.333. The fourth-order valence-electron chi connectivity index (χ4n) is 0.357.